The number of ether oxygens (including phenoxy) is 1. The SMILES string of the molecule is CC(C)(C)OC(=O)N1CCN(C2CCC3CNCC32)CC1.Cl. The fourth-order valence-corrected chi connectivity index (χ4v) is 4.13. The Bertz CT molecular complexity index is 391. The number of nitrogens with one attached hydrogen (secondary N) is 1. The standard InChI is InChI=1S/C16H29N3O2.ClH/c1-16(2,3)21-15(20)19-8-6-18(7-9-19)14-5-4-12-10-17-11-13(12)14;/h12-14,17H,4-11H2,1-3H3;1H. The Morgan fingerprint density at radius 2 is 1.77 bits per heavy atom. The van der Waals surface area contributed by atoms with E-state index in [1.54, 1.807) is 0 Å². The highest BCUT2D eigenvalue weighted by Gasteiger charge is 2.42. The molecule has 1 aliphatic carbocycles. The quantitative estimate of drug-likeness (QED) is 0.798. The van der Waals surface area contributed by atoms with E-state index in [0.29, 0.717) is 0 Å². The van der Waals surface area contributed by atoms with Crippen LogP contribution in [-0.2, 0) is 4.74 Å². The van der Waals surface area contributed by atoms with Crippen molar-refractivity contribution in [3.8, 4) is 0 Å². The number of hydrogen-bond acceptors (Lipinski definition) is 4. The van der Waals surface area contributed by atoms with Crippen LogP contribution < -0.4 is 5.32 Å². The van der Waals surface area contributed by atoms with Crippen LogP contribution in [0.3, 0.4) is 0 Å². The number of carbonyl (C=O) groups excluding carboxylic acids is 1. The molecule has 3 rings (SSSR count). The topological polar surface area (TPSA) is 44.8 Å². The average Bonchev–Trinajstić information content (AvgIpc) is 2.99. The molecule has 2 heterocycles. The molecule has 3 aliphatic rings. The molecule has 3 unspecified atom stereocenters. The van der Waals surface area contributed by atoms with Crippen LogP contribution in [-0.4, -0.2) is 66.8 Å². The minimum atomic E-state index is -0.400. The van der Waals surface area contributed by atoms with Crippen LogP contribution in [0.5, 0.6) is 0 Å². The molecule has 0 bridgehead atoms. The van der Waals surface area contributed by atoms with Gasteiger partial charge in [-0.1, -0.05) is 0 Å². The summed E-state index contributed by atoms with van der Waals surface area (Å²) in [6.07, 6.45) is 2.55. The molecular weight excluding hydrogens is 302 g/mol. The summed E-state index contributed by atoms with van der Waals surface area (Å²) in [6, 6.07) is 0.728. The van der Waals surface area contributed by atoms with Gasteiger partial charge in [-0.2, -0.15) is 0 Å². The van der Waals surface area contributed by atoms with Gasteiger partial charge in [-0.05, 0) is 58.5 Å². The van der Waals surface area contributed by atoms with E-state index in [2.05, 4.69) is 10.2 Å². The van der Waals surface area contributed by atoms with Crippen molar-refractivity contribution in [2.45, 2.75) is 45.3 Å². The predicted octanol–water partition coefficient (Wildman–Crippen LogP) is 1.96. The number of piperazine rings is 1. The zero-order valence-corrected chi connectivity index (χ0v) is 14.8. The molecule has 0 spiro atoms. The Kier molecular flexibility index (Phi) is 5.62. The summed E-state index contributed by atoms with van der Waals surface area (Å²) in [5.74, 6) is 1.72. The first-order valence-electron chi connectivity index (χ1n) is 8.37. The molecule has 1 amide bonds. The number of halogens is 1. The van der Waals surface area contributed by atoms with E-state index in [0.717, 1.165) is 44.1 Å². The molecule has 3 fully saturated rings. The van der Waals surface area contributed by atoms with Crippen molar-refractivity contribution < 1.29 is 9.53 Å². The fraction of sp³-hybridized carbons (Fsp3) is 0.938. The Hall–Kier alpha value is -0.520. The Morgan fingerprint density at radius 1 is 1.09 bits per heavy atom. The summed E-state index contributed by atoms with van der Waals surface area (Å²) < 4.78 is 5.47. The summed E-state index contributed by atoms with van der Waals surface area (Å²) in [4.78, 5) is 16.6. The van der Waals surface area contributed by atoms with E-state index in [1.165, 1.54) is 25.9 Å². The second-order valence-corrected chi connectivity index (χ2v) is 7.73. The molecular formula is C16H30ClN3O2. The van der Waals surface area contributed by atoms with Gasteiger partial charge in [0.1, 0.15) is 5.60 Å². The lowest BCUT2D eigenvalue weighted by atomic mass is 9.96. The molecule has 128 valence electrons. The maximum absolute atomic E-state index is 12.1. The smallest absolute Gasteiger partial charge is 0.410 e. The van der Waals surface area contributed by atoms with Gasteiger partial charge in [-0.3, -0.25) is 4.90 Å². The Labute approximate surface area is 140 Å². The average molecular weight is 332 g/mol. The van der Waals surface area contributed by atoms with Crippen molar-refractivity contribution in [2.75, 3.05) is 39.3 Å². The van der Waals surface area contributed by atoms with Crippen molar-refractivity contribution in [3.63, 3.8) is 0 Å². The molecule has 1 N–H and O–H groups in total. The molecule has 1 saturated carbocycles. The lowest BCUT2D eigenvalue weighted by molar-refractivity contribution is 0.00818. The molecule has 0 aromatic heterocycles. The number of nitrogens with zero attached hydrogens (tertiary/aromatic N) is 2. The monoisotopic (exact) mass is 331 g/mol. The van der Waals surface area contributed by atoms with Crippen LogP contribution in [0.15, 0.2) is 0 Å². The van der Waals surface area contributed by atoms with Crippen molar-refractivity contribution in [1.29, 1.82) is 0 Å². The maximum Gasteiger partial charge on any atom is 0.410 e. The minimum absolute atomic E-state index is 0. The lowest BCUT2D eigenvalue weighted by Gasteiger charge is -2.40. The van der Waals surface area contributed by atoms with Crippen LogP contribution in [0.4, 0.5) is 4.79 Å². The summed E-state index contributed by atoms with van der Waals surface area (Å²) in [5.41, 5.74) is -0.400. The van der Waals surface area contributed by atoms with Crippen LogP contribution in [0, 0.1) is 11.8 Å². The van der Waals surface area contributed by atoms with E-state index in [1.807, 2.05) is 25.7 Å². The second kappa shape index (κ2) is 6.93. The molecule has 0 radical (unpaired) electrons. The lowest BCUT2D eigenvalue weighted by Crippen LogP contribution is -2.54. The largest absolute Gasteiger partial charge is 0.444 e. The van der Waals surface area contributed by atoms with E-state index in [9.17, 15) is 4.79 Å². The van der Waals surface area contributed by atoms with Crippen molar-refractivity contribution in [3.05, 3.63) is 0 Å². The molecule has 0 aromatic rings. The molecule has 0 aromatic carbocycles. The van der Waals surface area contributed by atoms with Gasteiger partial charge in [-0.15, -0.1) is 12.4 Å². The molecule has 5 nitrogen and oxygen atoms in total. The number of rotatable bonds is 1. The van der Waals surface area contributed by atoms with Crippen LogP contribution in [0.25, 0.3) is 0 Å². The first-order chi connectivity index (χ1) is 9.94. The van der Waals surface area contributed by atoms with Gasteiger partial charge in [0.05, 0.1) is 0 Å². The molecule has 2 aliphatic heterocycles. The van der Waals surface area contributed by atoms with Gasteiger partial charge in [0.2, 0.25) is 0 Å². The highest BCUT2D eigenvalue weighted by Crippen LogP contribution is 2.37. The first-order valence-corrected chi connectivity index (χ1v) is 8.37. The number of hydrogen-bond donors (Lipinski definition) is 1. The predicted molar refractivity (Wildman–Crippen MR) is 89.5 cm³/mol. The van der Waals surface area contributed by atoms with Crippen molar-refractivity contribution in [1.82, 2.24) is 15.1 Å². The van der Waals surface area contributed by atoms with Gasteiger partial charge >= 0.3 is 6.09 Å². The third kappa shape index (κ3) is 3.87. The minimum Gasteiger partial charge on any atom is -0.444 e. The Morgan fingerprint density at radius 3 is 2.41 bits per heavy atom. The van der Waals surface area contributed by atoms with Crippen LogP contribution >= 0.6 is 12.4 Å². The first kappa shape index (κ1) is 17.8. The Balaban J connectivity index is 0.00000176. The zero-order valence-electron chi connectivity index (χ0n) is 14.0. The third-order valence-electron chi connectivity index (χ3n) is 5.15. The molecule has 6 heteroatoms. The summed E-state index contributed by atoms with van der Waals surface area (Å²) in [6.45, 7) is 11.8. The number of fused-ring (bicyclic) bond motifs is 1. The van der Waals surface area contributed by atoms with Crippen molar-refractivity contribution >= 4 is 18.5 Å². The third-order valence-corrected chi connectivity index (χ3v) is 5.15. The van der Waals surface area contributed by atoms with E-state index >= 15 is 0 Å². The summed E-state index contributed by atoms with van der Waals surface area (Å²) >= 11 is 0. The zero-order chi connectivity index (χ0) is 15.0. The molecule has 2 saturated heterocycles. The fourth-order valence-electron chi connectivity index (χ4n) is 4.13. The van der Waals surface area contributed by atoms with Crippen LogP contribution in [0.2, 0.25) is 0 Å². The van der Waals surface area contributed by atoms with Crippen molar-refractivity contribution in [2.24, 2.45) is 11.8 Å². The number of carbonyl (C=O) groups is 1. The van der Waals surface area contributed by atoms with Gasteiger partial charge in [-0.25, -0.2) is 4.79 Å². The summed E-state index contributed by atoms with van der Waals surface area (Å²) in [5, 5.41) is 3.53. The number of amides is 1. The normalized spacial score (nSPS) is 32.5. The van der Waals surface area contributed by atoms with Gasteiger partial charge < -0.3 is 15.0 Å². The van der Waals surface area contributed by atoms with Gasteiger partial charge in [0.25, 0.3) is 0 Å². The van der Waals surface area contributed by atoms with Crippen LogP contribution in [0.1, 0.15) is 33.6 Å². The maximum atomic E-state index is 12.1. The molecule has 22 heavy (non-hydrogen) atoms. The van der Waals surface area contributed by atoms with E-state index < -0.39 is 5.60 Å². The van der Waals surface area contributed by atoms with E-state index in [4.69, 9.17) is 4.74 Å². The van der Waals surface area contributed by atoms with Gasteiger partial charge in [0.15, 0.2) is 0 Å². The van der Waals surface area contributed by atoms with E-state index in [-0.39, 0.29) is 18.5 Å². The second-order valence-electron chi connectivity index (χ2n) is 7.73. The molecule has 3 atom stereocenters. The highest BCUT2D eigenvalue weighted by molar-refractivity contribution is 5.85. The van der Waals surface area contributed by atoms with Gasteiger partial charge in [0, 0.05) is 32.2 Å². The summed E-state index contributed by atoms with van der Waals surface area (Å²) in [7, 11) is 0. The highest BCUT2D eigenvalue weighted by atomic mass is 35.5.